The van der Waals surface area contributed by atoms with Crippen molar-refractivity contribution in [2.75, 3.05) is 13.1 Å². The highest BCUT2D eigenvalue weighted by Gasteiger charge is 2.44. The molecule has 2 atom stereocenters. The Hall–Kier alpha value is -1.14. The number of likely N-dealkylation sites (tertiary alicyclic amines) is 1. The molecule has 23 heavy (non-hydrogen) atoms. The molecule has 0 unspecified atom stereocenters. The van der Waals surface area contributed by atoms with Gasteiger partial charge in [-0.1, -0.05) is 6.42 Å². The van der Waals surface area contributed by atoms with Gasteiger partial charge in [0, 0.05) is 18.5 Å². The first-order chi connectivity index (χ1) is 10.8. The lowest BCUT2D eigenvalue weighted by atomic mass is 9.76. The molecule has 1 saturated carbocycles. The van der Waals surface area contributed by atoms with E-state index in [4.69, 9.17) is 0 Å². The van der Waals surface area contributed by atoms with Crippen LogP contribution in [0.1, 0.15) is 43.2 Å². The van der Waals surface area contributed by atoms with Gasteiger partial charge in [-0.2, -0.15) is 13.2 Å². The highest BCUT2D eigenvalue weighted by atomic mass is 19.4. The van der Waals surface area contributed by atoms with E-state index < -0.39 is 17.6 Å². The molecule has 2 nitrogen and oxygen atoms in total. The summed E-state index contributed by atoms with van der Waals surface area (Å²) in [5, 5.41) is 10.2. The fourth-order valence-electron chi connectivity index (χ4n) is 4.15. The molecule has 1 aromatic carbocycles. The molecule has 1 aromatic rings. The number of piperidine rings is 1. The van der Waals surface area contributed by atoms with Gasteiger partial charge in [-0.15, -0.1) is 0 Å². The van der Waals surface area contributed by atoms with E-state index >= 15 is 0 Å². The van der Waals surface area contributed by atoms with Gasteiger partial charge in [0.2, 0.25) is 0 Å². The van der Waals surface area contributed by atoms with Crippen LogP contribution in [0.3, 0.4) is 0 Å². The van der Waals surface area contributed by atoms with Crippen LogP contribution in [0.4, 0.5) is 17.6 Å². The molecule has 2 aliphatic rings. The van der Waals surface area contributed by atoms with Crippen LogP contribution in [0, 0.1) is 11.2 Å². The number of alkyl halides is 3. The number of nitrogens with zero attached hydrogens (tertiary/aromatic N) is 1. The highest BCUT2D eigenvalue weighted by molar-refractivity contribution is 5.27. The van der Waals surface area contributed by atoms with E-state index in [1.165, 1.54) is 6.07 Å². The molecule has 1 aliphatic carbocycles. The van der Waals surface area contributed by atoms with Crippen LogP contribution in [-0.4, -0.2) is 29.2 Å². The molecule has 0 aromatic heterocycles. The van der Waals surface area contributed by atoms with Crippen molar-refractivity contribution in [1.82, 2.24) is 4.90 Å². The van der Waals surface area contributed by atoms with Crippen molar-refractivity contribution in [3.05, 3.63) is 35.1 Å². The van der Waals surface area contributed by atoms with Crippen molar-refractivity contribution >= 4 is 0 Å². The Morgan fingerprint density at radius 1 is 1.17 bits per heavy atom. The van der Waals surface area contributed by atoms with E-state index in [0.717, 1.165) is 44.7 Å². The number of aliphatic hydroxyl groups is 1. The Labute approximate surface area is 133 Å². The van der Waals surface area contributed by atoms with Crippen molar-refractivity contribution in [3.8, 4) is 0 Å². The van der Waals surface area contributed by atoms with Crippen LogP contribution < -0.4 is 0 Å². The predicted molar refractivity (Wildman–Crippen MR) is 78.2 cm³/mol. The molecular formula is C17H21F4NO. The molecule has 1 spiro atoms. The fraction of sp³-hybridized carbons (Fsp3) is 0.647. The molecule has 0 amide bonds. The lowest BCUT2D eigenvalue weighted by molar-refractivity contribution is -0.137. The van der Waals surface area contributed by atoms with E-state index in [0.29, 0.717) is 18.2 Å². The average molecular weight is 331 g/mol. The van der Waals surface area contributed by atoms with Gasteiger partial charge in [0.25, 0.3) is 0 Å². The van der Waals surface area contributed by atoms with E-state index in [1.807, 2.05) is 4.90 Å². The second-order valence-corrected chi connectivity index (χ2v) is 6.93. The van der Waals surface area contributed by atoms with Crippen molar-refractivity contribution in [1.29, 1.82) is 0 Å². The number of aliphatic hydroxyl groups excluding tert-OH is 1. The third-order valence-corrected chi connectivity index (χ3v) is 5.24. The number of hydrogen-bond acceptors (Lipinski definition) is 2. The van der Waals surface area contributed by atoms with Crippen LogP contribution in [0.25, 0.3) is 0 Å². The largest absolute Gasteiger partial charge is 0.416 e. The Morgan fingerprint density at radius 2 is 1.91 bits per heavy atom. The van der Waals surface area contributed by atoms with E-state index in [2.05, 4.69) is 0 Å². The molecule has 0 bridgehead atoms. The van der Waals surface area contributed by atoms with Gasteiger partial charge in [0.05, 0.1) is 11.7 Å². The van der Waals surface area contributed by atoms with Crippen LogP contribution in [0.5, 0.6) is 0 Å². The summed E-state index contributed by atoms with van der Waals surface area (Å²) in [4.78, 5) is 2.05. The number of rotatable bonds is 2. The van der Waals surface area contributed by atoms with Gasteiger partial charge in [0.15, 0.2) is 0 Å². The van der Waals surface area contributed by atoms with Crippen LogP contribution in [-0.2, 0) is 12.7 Å². The zero-order chi connectivity index (χ0) is 16.7. The lowest BCUT2D eigenvalue weighted by Gasteiger charge is -2.42. The predicted octanol–water partition coefficient (Wildman–Crippen LogP) is 3.97. The maximum atomic E-state index is 13.5. The normalized spacial score (nSPS) is 29.3. The van der Waals surface area contributed by atoms with Crippen LogP contribution in [0.2, 0.25) is 0 Å². The SMILES string of the molecule is O[C@@H]1CCC[C@]12CCCN(Cc1cc(F)cc(C(F)(F)F)c1)C2. The second kappa shape index (κ2) is 6.06. The average Bonchev–Trinajstić information content (AvgIpc) is 2.78. The van der Waals surface area contributed by atoms with Crippen molar-refractivity contribution < 1.29 is 22.7 Å². The standard InChI is InChI=1S/C17H21F4NO/c18-14-8-12(7-13(9-14)17(19,20)21)10-22-6-2-5-16(11-22)4-1-3-15(16)23/h7-9,15,23H,1-6,10-11H2/t15-,16-/m1/s1. The van der Waals surface area contributed by atoms with E-state index in [1.54, 1.807) is 0 Å². The minimum absolute atomic E-state index is 0.127. The summed E-state index contributed by atoms with van der Waals surface area (Å²) in [7, 11) is 0. The molecular weight excluding hydrogens is 310 g/mol. The monoisotopic (exact) mass is 331 g/mol. The summed E-state index contributed by atoms with van der Waals surface area (Å²) in [6.07, 6.45) is -0.244. The molecule has 1 N–H and O–H groups in total. The first-order valence-electron chi connectivity index (χ1n) is 8.06. The molecule has 6 heteroatoms. The number of hydrogen-bond donors (Lipinski definition) is 1. The maximum absolute atomic E-state index is 13.5. The third-order valence-electron chi connectivity index (χ3n) is 5.24. The quantitative estimate of drug-likeness (QED) is 0.829. The minimum atomic E-state index is -4.54. The molecule has 2 fully saturated rings. The highest BCUT2D eigenvalue weighted by Crippen LogP contribution is 2.45. The third kappa shape index (κ3) is 3.53. The second-order valence-electron chi connectivity index (χ2n) is 6.93. The molecule has 1 saturated heterocycles. The fourth-order valence-corrected chi connectivity index (χ4v) is 4.15. The van der Waals surface area contributed by atoms with Crippen molar-refractivity contribution in [3.63, 3.8) is 0 Å². The minimum Gasteiger partial charge on any atom is -0.393 e. The topological polar surface area (TPSA) is 23.5 Å². The zero-order valence-electron chi connectivity index (χ0n) is 12.9. The Bertz CT molecular complexity index is 574. The summed E-state index contributed by atoms with van der Waals surface area (Å²) in [5.41, 5.74) is -0.736. The van der Waals surface area contributed by atoms with Gasteiger partial charge < -0.3 is 5.11 Å². The van der Waals surface area contributed by atoms with Crippen molar-refractivity contribution in [2.24, 2.45) is 5.41 Å². The smallest absolute Gasteiger partial charge is 0.393 e. The van der Waals surface area contributed by atoms with Gasteiger partial charge in [-0.3, -0.25) is 4.90 Å². The molecule has 1 heterocycles. The first kappa shape index (κ1) is 16.7. The summed E-state index contributed by atoms with van der Waals surface area (Å²) < 4.78 is 51.9. The molecule has 0 radical (unpaired) electrons. The van der Waals surface area contributed by atoms with Crippen molar-refractivity contribution in [2.45, 2.75) is 50.9 Å². The van der Waals surface area contributed by atoms with Gasteiger partial charge in [-0.05, 0) is 56.0 Å². The van der Waals surface area contributed by atoms with Gasteiger partial charge in [-0.25, -0.2) is 4.39 Å². The summed E-state index contributed by atoms with van der Waals surface area (Å²) in [5.74, 6) is -0.859. The van der Waals surface area contributed by atoms with Crippen LogP contribution >= 0.6 is 0 Å². The van der Waals surface area contributed by atoms with E-state index in [-0.39, 0.29) is 18.1 Å². The lowest BCUT2D eigenvalue weighted by Crippen LogP contribution is -2.46. The number of benzene rings is 1. The number of halogens is 4. The maximum Gasteiger partial charge on any atom is 0.416 e. The van der Waals surface area contributed by atoms with Crippen LogP contribution in [0.15, 0.2) is 18.2 Å². The Morgan fingerprint density at radius 3 is 2.57 bits per heavy atom. The molecule has 1 aliphatic heterocycles. The summed E-state index contributed by atoms with van der Waals surface area (Å²) >= 11 is 0. The Balaban J connectivity index is 1.75. The Kier molecular flexibility index (Phi) is 4.40. The molecule has 3 rings (SSSR count). The van der Waals surface area contributed by atoms with E-state index in [9.17, 15) is 22.7 Å². The summed E-state index contributed by atoms with van der Waals surface area (Å²) in [6.45, 7) is 1.73. The molecule has 128 valence electrons. The zero-order valence-corrected chi connectivity index (χ0v) is 12.9. The van der Waals surface area contributed by atoms with Gasteiger partial charge >= 0.3 is 6.18 Å². The van der Waals surface area contributed by atoms with Gasteiger partial charge in [0.1, 0.15) is 5.82 Å². The first-order valence-corrected chi connectivity index (χ1v) is 8.06. The summed E-state index contributed by atoms with van der Waals surface area (Å²) in [6, 6.07) is 2.72.